The number of rotatable bonds is 5. The maximum Gasteiger partial charge on any atom is 0.244 e. The molecular formula is C15H20N2O3. The van der Waals surface area contributed by atoms with Gasteiger partial charge in [0.1, 0.15) is 0 Å². The van der Waals surface area contributed by atoms with Crippen LogP contribution in [0.4, 0.5) is 0 Å². The lowest BCUT2D eigenvalue weighted by Crippen LogP contribution is -2.39. The number of benzene rings is 1. The zero-order valence-electron chi connectivity index (χ0n) is 11.8. The zero-order valence-corrected chi connectivity index (χ0v) is 11.8. The minimum atomic E-state index is -0.154. The van der Waals surface area contributed by atoms with Crippen molar-refractivity contribution >= 4 is 12.0 Å². The molecule has 1 aliphatic rings. The van der Waals surface area contributed by atoms with Gasteiger partial charge in [0.2, 0.25) is 12.7 Å². The van der Waals surface area contributed by atoms with Crippen LogP contribution in [0.3, 0.4) is 0 Å². The first-order valence-electron chi connectivity index (χ1n) is 6.67. The van der Waals surface area contributed by atoms with Crippen LogP contribution < -0.4 is 20.5 Å². The fourth-order valence-corrected chi connectivity index (χ4v) is 1.70. The standard InChI is InChI=1S/C15H20N2O3/c1-10(2)12(16)8-17-15(18)6-4-11-3-5-13-14(7-11)20-9-19-13/h3-7,10,12H,8-9,16H2,1-2H3,(H,17,18). The topological polar surface area (TPSA) is 73.6 Å². The Kier molecular flexibility index (Phi) is 4.63. The van der Waals surface area contributed by atoms with Gasteiger partial charge in [0.05, 0.1) is 0 Å². The van der Waals surface area contributed by atoms with Crippen LogP contribution in [0.2, 0.25) is 0 Å². The van der Waals surface area contributed by atoms with Crippen LogP contribution in [0, 0.1) is 5.92 Å². The molecular weight excluding hydrogens is 256 g/mol. The van der Waals surface area contributed by atoms with E-state index >= 15 is 0 Å². The molecule has 1 aromatic rings. The van der Waals surface area contributed by atoms with E-state index < -0.39 is 0 Å². The number of ether oxygens (including phenoxy) is 2. The molecule has 108 valence electrons. The Morgan fingerprint density at radius 1 is 1.40 bits per heavy atom. The predicted octanol–water partition coefficient (Wildman–Crippen LogP) is 1.53. The summed E-state index contributed by atoms with van der Waals surface area (Å²) in [6.45, 7) is 4.77. The molecule has 1 aliphatic heterocycles. The Bertz CT molecular complexity index is 512. The summed E-state index contributed by atoms with van der Waals surface area (Å²) in [6.07, 6.45) is 3.22. The van der Waals surface area contributed by atoms with E-state index in [9.17, 15) is 4.79 Å². The monoisotopic (exact) mass is 276 g/mol. The van der Waals surface area contributed by atoms with Crippen molar-refractivity contribution in [2.24, 2.45) is 11.7 Å². The summed E-state index contributed by atoms with van der Waals surface area (Å²) in [5.41, 5.74) is 6.75. The third-order valence-electron chi connectivity index (χ3n) is 3.19. The molecule has 0 spiro atoms. The normalized spacial score (nSPS) is 14.8. The molecule has 1 aromatic carbocycles. The van der Waals surface area contributed by atoms with Gasteiger partial charge in [0, 0.05) is 18.7 Å². The zero-order chi connectivity index (χ0) is 14.5. The average Bonchev–Trinajstić information content (AvgIpc) is 2.89. The van der Waals surface area contributed by atoms with E-state index in [0.717, 1.165) is 11.3 Å². The lowest BCUT2D eigenvalue weighted by Gasteiger charge is -2.15. The van der Waals surface area contributed by atoms with Crippen molar-refractivity contribution in [1.29, 1.82) is 0 Å². The molecule has 0 saturated carbocycles. The first kappa shape index (κ1) is 14.4. The van der Waals surface area contributed by atoms with Gasteiger partial charge in [-0.25, -0.2) is 0 Å². The van der Waals surface area contributed by atoms with Gasteiger partial charge in [-0.05, 0) is 29.7 Å². The van der Waals surface area contributed by atoms with E-state index in [1.807, 2.05) is 32.0 Å². The summed E-state index contributed by atoms with van der Waals surface area (Å²) in [5.74, 6) is 1.62. The highest BCUT2D eigenvalue weighted by Crippen LogP contribution is 2.32. The summed E-state index contributed by atoms with van der Waals surface area (Å²) < 4.78 is 10.5. The molecule has 0 fully saturated rings. The Labute approximate surface area is 118 Å². The van der Waals surface area contributed by atoms with E-state index in [-0.39, 0.29) is 18.7 Å². The van der Waals surface area contributed by atoms with Crippen LogP contribution in [0.25, 0.3) is 6.08 Å². The summed E-state index contributed by atoms with van der Waals surface area (Å²) in [5, 5.41) is 2.78. The molecule has 1 amide bonds. The van der Waals surface area contributed by atoms with Crippen LogP contribution >= 0.6 is 0 Å². The van der Waals surface area contributed by atoms with Crippen molar-refractivity contribution in [2.75, 3.05) is 13.3 Å². The molecule has 1 unspecified atom stereocenters. The van der Waals surface area contributed by atoms with Crippen LogP contribution in [-0.2, 0) is 4.79 Å². The third kappa shape index (κ3) is 3.74. The number of carbonyl (C=O) groups excluding carboxylic acids is 1. The smallest absolute Gasteiger partial charge is 0.244 e. The van der Waals surface area contributed by atoms with Crippen LogP contribution in [0.5, 0.6) is 11.5 Å². The molecule has 0 aliphatic carbocycles. The number of amides is 1. The molecule has 0 bridgehead atoms. The van der Waals surface area contributed by atoms with Gasteiger partial charge in [0.15, 0.2) is 11.5 Å². The summed E-state index contributed by atoms with van der Waals surface area (Å²) >= 11 is 0. The van der Waals surface area contributed by atoms with Gasteiger partial charge in [-0.15, -0.1) is 0 Å². The van der Waals surface area contributed by atoms with Crippen LogP contribution in [-0.4, -0.2) is 25.3 Å². The Morgan fingerprint density at radius 3 is 2.90 bits per heavy atom. The van der Waals surface area contributed by atoms with Gasteiger partial charge in [0.25, 0.3) is 0 Å². The molecule has 5 heteroatoms. The summed E-state index contributed by atoms with van der Waals surface area (Å²) in [7, 11) is 0. The molecule has 20 heavy (non-hydrogen) atoms. The number of hydrogen-bond donors (Lipinski definition) is 2. The molecule has 1 heterocycles. The van der Waals surface area contributed by atoms with Gasteiger partial charge >= 0.3 is 0 Å². The molecule has 0 saturated heterocycles. The SMILES string of the molecule is CC(C)C(N)CNC(=O)C=Cc1ccc2c(c1)OCO2. The predicted molar refractivity (Wildman–Crippen MR) is 77.4 cm³/mol. The first-order chi connectivity index (χ1) is 9.56. The molecule has 5 nitrogen and oxygen atoms in total. The number of carbonyl (C=O) groups is 1. The van der Waals surface area contributed by atoms with E-state index in [1.165, 1.54) is 6.08 Å². The quantitative estimate of drug-likeness (QED) is 0.800. The largest absolute Gasteiger partial charge is 0.454 e. The van der Waals surface area contributed by atoms with E-state index in [0.29, 0.717) is 18.2 Å². The second kappa shape index (κ2) is 6.43. The molecule has 0 aromatic heterocycles. The second-order valence-electron chi connectivity index (χ2n) is 5.10. The fraction of sp³-hybridized carbons (Fsp3) is 0.400. The minimum absolute atomic E-state index is 0.0297. The highest BCUT2D eigenvalue weighted by molar-refractivity contribution is 5.91. The minimum Gasteiger partial charge on any atom is -0.454 e. The maximum absolute atomic E-state index is 11.7. The molecule has 0 radical (unpaired) electrons. The second-order valence-corrected chi connectivity index (χ2v) is 5.10. The number of nitrogens with one attached hydrogen (secondary N) is 1. The average molecular weight is 276 g/mol. The first-order valence-corrected chi connectivity index (χ1v) is 6.67. The summed E-state index contributed by atoms with van der Waals surface area (Å²) in [4.78, 5) is 11.7. The van der Waals surface area contributed by atoms with E-state index in [2.05, 4.69) is 5.32 Å². The summed E-state index contributed by atoms with van der Waals surface area (Å²) in [6, 6.07) is 5.51. The molecule has 2 rings (SSSR count). The van der Waals surface area contributed by atoms with Crippen molar-refractivity contribution in [3.05, 3.63) is 29.8 Å². The Morgan fingerprint density at radius 2 is 2.15 bits per heavy atom. The van der Waals surface area contributed by atoms with Crippen LogP contribution in [0.1, 0.15) is 19.4 Å². The van der Waals surface area contributed by atoms with Gasteiger partial charge < -0.3 is 20.5 Å². The molecule has 3 N–H and O–H groups in total. The lowest BCUT2D eigenvalue weighted by atomic mass is 10.1. The van der Waals surface area contributed by atoms with Gasteiger partial charge in [-0.3, -0.25) is 4.79 Å². The fourth-order valence-electron chi connectivity index (χ4n) is 1.70. The van der Waals surface area contributed by atoms with Gasteiger partial charge in [-0.2, -0.15) is 0 Å². The lowest BCUT2D eigenvalue weighted by molar-refractivity contribution is -0.116. The maximum atomic E-state index is 11.7. The van der Waals surface area contributed by atoms with Crippen molar-refractivity contribution in [3.63, 3.8) is 0 Å². The van der Waals surface area contributed by atoms with Gasteiger partial charge in [-0.1, -0.05) is 19.9 Å². The number of fused-ring (bicyclic) bond motifs is 1. The highest BCUT2D eigenvalue weighted by atomic mass is 16.7. The van der Waals surface area contributed by atoms with Crippen molar-refractivity contribution < 1.29 is 14.3 Å². The Hall–Kier alpha value is -2.01. The number of hydrogen-bond acceptors (Lipinski definition) is 4. The van der Waals surface area contributed by atoms with E-state index in [1.54, 1.807) is 6.08 Å². The van der Waals surface area contributed by atoms with Crippen molar-refractivity contribution in [2.45, 2.75) is 19.9 Å². The third-order valence-corrected chi connectivity index (χ3v) is 3.19. The number of nitrogens with two attached hydrogens (primary N) is 1. The van der Waals surface area contributed by atoms with Crippen LogP contribution in [0.15, 0.2) is 24.3 Å². The van der Waals surface area contributed by atoms with Crippen molar-refractivity contribution in [1.82, 2.24) is 5.32 Å². The highest BCUT2D eigenvalue weighted by Gasteiger charge is 2.12. The van der Waals surface area contributed by atoms with E-state index in [4.69, 9.17) is 15.2 Å². The van der Waals surface area contributed by atoms with Crippen molar-refractivity contribution in [3.8, 4) is 11.5 Å². The molecule has 1 atom stereocenters. The Balaban J connectivity index is 1.87.